The second-order valence-electron chi connectivity index (χ2n) is 4.24. The monoisotopic (exact) mass is 273 g/mol. The van der Waals surface area contributed by atoms with Crippen molar-refractivity contribution in [3.05, 3.63) is 29.8 Å². The van der Waals surface area contributed by atoms with Crippen LogP contribution in [-0.2, 0) is 0 Å². The van der Waals surface area contributed by atoms with Crippen LogP contribution >= 0.6 is 11.8 Å². The Labute approximate surface area is 112 Å². The van der Waals surface area contributed by atoms with Crippen LogP contribution in [0.4, 0.5) is 8.78 Å². The Morgan fingerprint density at radius 2 is 1.89 bits per heavy atom. The topological polar surface area (TPSA) is 12.0 Å². The predicted molar refractivity (Wildman–Crippen MR) is 74.1 cm³/mol. The normalized spacial score (nSPS) is 10.8. The van der Waals surface area contributed by atoms with E-state index in [0.717, 1.165) is 23.7 Å². The standard InChI is InChI=1S/C14H21F2NS/c1-2-3-4-5-8-17-9-10-18-12-6-7-13(15)14(16)11-12/h6-7,11,17H,2-5,8-10H2,1H3. The summed E-state index contributed by atoms with van der Waals surface area (Å²) in [4.78, 5) is 0.779. The quantitative estimate of drug-likeness (QED) is 0.534. The molecule has 1 aromatic rings. The number of unbranched alkanes of at least 4 members (excludes halogenated alkanes) is 3. The van der Waals surface area contributed by atoms with Crippen molar-refractivity contribution >= 4 is 11.8 Å². The van der Waals surface area contributed by atoms with E-state index in [1.165, 1.54) is 37.8 Å². The molecule has 0 saturated heterocycles. The van der Waals surface area contributed by atoms with Gasteiger partial charge in [0.2, 0.25) is 0 Å². The predicted octanol–water partition coefficient (Wildman–Crippen LogP) is 4.23. The van der Waals surface area contributed by atoms with Crippen LogP contribution in [0.25, 0.3) is 0 Å². The van der Waals surface area contributed by atoms with Crippen molar-refractivity contribution in [1.29, 1.82) is 0 Å². The van der Waals surface area contributed by atoms with Crippen LogP contribution in [-0.4, -0.2) is 18.8 Å². The van der Waals surface area contributed by atoms with Gasteiger partial charge in [0, 0.05) is 17.2 Å². The maximum Gasteiger partial charge on any atom is 0.159 e. The van der Waals surface area contributed by atoms with Crippen molar-refractivity contribution in [2.24, 2.45) is 0 Å². The average Bonchev–Trinajstić information content (AvgIpc) is 2.37. The molecule has 0 heterocycles. The summed E-state index contributed by atoms with van der Waals surface area (Å²) >= 11 is 1.54. The number of thioether (sulfide) groups is 1. The Hall–Kier alpha value is -0.610. The first kappa shape index (κ1) is 15.4. The SMILES string of the molecule is CCCCCCNCCSc1ccc(F)c(F)c1. The van der Waals surface area contributed by atoms with Crippen LogP contribution < -0.4 is 5.32 Å². The molecule has 0 radical (unpaired) electrons. The summed E-state index contributed by atoms with van der Waals surface area (Å²) < 4.78 is 25.6. The highest BCUT2D eigenvalue weighted by atomic mass is 32.2. The van der Waals surface area contributed by atoms with Crippen molar-refractivity contribution < 1.29 is 8.78 Å². The lowest BCUT2D eigenvalue weighted by Gasteiger charge is -2.05. The highest BCUT2D eigenvalue weighted by Crippen LogP contribution is 2.19. The van der Waals surface area contributed by atoms with Gasteiger partial charge >= 0.3 is 0 Å². The van der Waals surface area contributed by atoms with Crippen LogP contribution in [0.1, 0.15) is 32.6 Å². The number of nitrogens with one attached hydrogen (secondary N) is 1. The lowest BCUT2D eigenvalue weighted by atomic mass is 10.2. The van der Waals surface area contributed by atoms with E-state index in [4.69, 9.17) is 0 Å². The largest absolute Gasteiger partial charge is 0.316 e. The Kier molecular flexibility index (Phi) is 8.01. The van der Waals surface area contributed by atoms with E-state index in [2.05, 4.69) is 12.2 Å². The van der Waals surface area contributed by atoms with Gasteiger partial charge in [-0.05, 0) is 31.2 Å². The molecule has 0 saturated carbocycles. The summed E-state index contributed by atoms with van der Waals surface area (Å²) in [5.74, 6) is -0.681. The average molecular weight is 273 g/mol. The van der Waals surface area contributed by atoms with E-state index in [1.807, 2.05) is 0 Å². The molecule has 0 unspecified atom stereocenters. The van der Waals surface area contributed by atoms with Gasteiger partial charge in [-0.15, -0.1) is 11.8 Å². The zero-order chi connectivity index (χ0) is 13.2. The summed E-state index contributed by atoms with van der Waals surface area (Å²) in [6.07, 6.45) is 5.04. The Bertz CT molecular complexity index is 345. The zero-order valence-electron chi connectivity index (χ0n) is 10.8. The molecule has 1 N–H and O–H groups in total. The van der Waals surface area contributed by atoms with Gasteiger partial charge in [-0.1, -0.05) is 26.2 Å². The number of benzene rings is 1. The molecule has 1 nitrogen and oxygen atoms in total. The second kappa shape index (κ2) is 9.34. The number of hydrogen-bond donors (Lipinski definition) is 1. The minimum atomic E-state index is -0.784. The minimum absolute atomic E-state index is 0.771. The van der Waals surface area contributed by atoms with E-state index in [1.54, 1.807) is 17.8 Å². The van der Waals surface area contributed by atoms with Crippen molar-refractivity contribution in [2.45, 2.75) is 37.5 Å². The van der Waals surface area contributed by atoms with Gasteiger partial charge in [-0.2, -0.15) is 0 Å². The molecule has 0 aliphatic heterocycles. The smallest absolute Gasteiger partial charge is 0.159 e. The highest BCUT2D eigenvalue weighted by Gasteiger charge is 2.02. The third-order valence-corrected chi connectivity index (χ3v) is 3.64. The molecule has 0 aliphatic carbocycles. The number of halogens is 2. The molecule has 0 amide bonds. The van der Waals surface area contributed by atoms with E-state index in [9.17, 15) is 8.78 Å². The lowest BCUT2D eigenvalue weighted by molar-refractivity contribution is 0.506. The molecule has 18 heavy (non-hydrogen) atoms. The summed E-state index contributed by atoms with van der Waals surface area (Å²) in [5, 5.41) is 3.35. The third-order valence-electron chi connectivity index (χ3n) is 2.65. The minimum Gasteiger partial charge on any atom is -0.316 e. The fourth-order valence-corrected chi connectivity index (χ4v) is 2.44. The molecule has 0 spiro atoms. The van der Waals surface area contributed by atoms with E-state index >= 15 is 0 Å². The van der Waals surface area contributed by atoms with Gasteiger partial charge in [-0.25, -0.2) is 8.78 Å². The van der Waals surface area contributed by atoms with Crippen molar-refractivity contribution in [3.63, 3.8) is 0 Å². The summed E-state index contributed by atoms with van der Waals surface area (Å²) in [6, 6.07) is 4.04. The molecule has 1 aromatic carbocycles. The fourth-order valence-electron chi connectivity index (χ4n) is 1.61. The first-order valence-electron chi connectivity index (χ1n) is 6.52. The molecule has 4 heteroatoms. The van der Waals surface area contributed by atoms with Crippen LogP contribution in [0.5, 0.6) is 0 Å². The molecule has 0 fully saturated rings. The van der Waals surface area contributed by atoms with Gasteiger partial charge in [0.05, 0.1) is 0 Å². The van der Waals surface area contributed by atoms with E-state index in [-0.39, 0.29) is 0 Å². The zero-order valence-corrected chi connectivity index (χ0v) is 11.7. The molecule has 0 aliphatic rings. The Morgan fingerprint density at radius 1 is 1.06 bits per heavy atom. The van der Waals surface area contributed by atoms with Crippen LogP contribution in [0.15, 0.2) is 23.1 Å². The first-order valence-corrected chi connectivity index (χ1v) is 7.51. The van der Waals surface area contributed by atoms with Crippen molar-refractivity contribution in [1.82, 2.24) is 5.32 Å². The Morgan fingerprint density at radius 3 is 2.61 bits per heavy atom. The van der Waals surface area contributed by atoms with Crippen LogP contribution in [0.3, 0.4) is 0 Å². The summed E-state index contributed by atoms with van der Waals surface area (Å²) in [6.45, 7) is 4.14. The second-order valence-corrected chi connectivity index (χ2v) is 5.40. The van der Waals surface area contributed by atoms with Gasteiger partial charge in [-0.3, -0.25) is 0 Å². The molecule has 0 aromatic heterocycles. The highest BCUT2D eigenvalue weighted by molar-refractivity contribution is 7.99. The molecule has 102 valence electrons. The van der Waals surface area contributed by atoms with Crippen molar-refractivity contribution in [3.8, 4) is 0 Å². The molecule has 0 bridgehead atoms. The summed E-state index contributed by atoms with van der Waals surface area (Å²) in [7, 11) is 0. The summed E-state index contributed by atoms with van der Waals surface area (Å²) in [5.41, 5.74) is 0. The van der Waals surface area contributed by atoms with Gasteiger partial charge in [0.1, 0.15) is 0 Å². The van der Waals surface area contributed by atoms with E-state index in [0.29, 0.717) is 0 Å². The maximum atomic E-state index is 12.9. The molecular formula is C14H21F2NS. The van der Waals surface area contributed by atoms with Crippen LogP contribution in [0.2, 0.25) is 0 Å². The number of rotatable bonds is 9. The molecule has 0 atom stereocenters. The molecule has 1 rings (SSSR count). The fraction of sp³-hybridized carbons (Fsp3) is 0.571. The third kappa shape index (κ3) is 6.36. The first-order chi connectivity index (χ1) is 8.74. The van der Waals surface area contributed by atoms with Gasteiger partial charge in [0.25, 0.3) is 0 Å². The van der Waals surface area contributed by atoms with Gasteiger partial charge < -0.3 is 5.32 Å². The van der Waals surface area contributed by atoms with E-state index < -0.39 is 11.6 Å². The van der Waals surface area contributed by atoms with Gasteiger partial charge in [0.15, 0.2) is 11.6 Å². The lowest BCUT2D eigenvalue weighted by Crippen LogP contribution is -2.18. The van der Waals surface area contributed by atoms with Crippen LogP contribution in [0, 0.1) is 11.6 Å². The maximum absolute atomic E-state index is 12.9. The van der Waals surface area contributed by atoms with Crippen molar-refractivity contribution in [2.75, 3.05) is 18.8 Å². The molecular weight excluding hydrogens is 252 g/mol. The number of hydrogen-bond acceptors (Lipinski definition) is 2. The Balaban J connectivity index is 2.05.